The molecule has 0 saturated heterocycles. The molecule has 2 aromatic rings. The topological polar surface area (TPSA) is 108 Å². The maximum atomic E-state index is 12.9. The average Bonchev–Trinajstić information content (AvgIpc) is 3.56. The maximum absolute atomic E-state index is 12.9. The van der Waals surface area contributed by atoms with E-state index in [0.717, 1.165) is 12.8 Å². The van der Waals surface area contributed by atoms with E-state index in [0.29, 0.717) is 41.9 Å². The Morgan fingerprint density at radius 1 is 1.13 bits per heavy atom. The lowest BCUT2D eigenvalue weighted by atomic mass is 10.0. The van der Waals surface area contributed by atoms with E-state index in [9.17, 15) is 18.8 Å². The molecule has 5 rings (SSSR count). The minimum absolute atomic E-state index is 0.00590. The zero-order valence-corrected chi connectivity index (χ0v) is 16.5. The Hall–Kier alpha value is -3.69. The summed E-state index contributed by atoms with van der Waals surface area (Å²) in [5.41, 5.74) is 1.98. The molecular weight excluding hydrogens is 403 g/mol. The van der Waals surface area contributed by atoms with Gasteiger partial charge in [0.05, 0.1) is 12.2 Å². The van der Waals surface area contributed by atoms with Gasteiger partial charge in [-0.25, -0.2) is 4.98 Å². The summed E-state index contributed by atoms with van der Waals surface area (Å²) in [5.74, 6) is -1.18. The van der Waals surface area contributed by atoms with E-state index in [1.807, 2.05) is 0 Å². The standard InChI is InChI=1S/C21H19FN6O3/c22-16-7-3-12(10-23-16)15-6-8-17(26-25-15)24-18(29)11-27-9-1-2-14-19(27)21(31)28(20(14)30)13-4-5-13/h3,6-8,10,13H,1-2,4-5,9,11H2,(H,24,26,29). The lowest BCUT2D eigenvalue weighted by Gasteiger charge is -2.28. The van der Waals surface area contributed by atoms with Gasteiger partial charge in [-0.2, -0.15) is 4.39 Å². The number of anilines is 1. The fraction of sp³-hybridized carbons (Fsp3) is 0.333. The minimum Gasteiger partial charge on any atom is -0.357 e. The predicted octanol–water partition coefficient (Wildman–Crippen LogP) is 1.50. The van der Waals surface area contributed by atoms with Gasteiger partial charge in [0.25, 0.3) is 11.8 Å². The van der Waals surface area contributed by atoms with Crippen LogP contribution in [-0.4, -0.2) is 61.8 Å². The molecular formula is C21H19FN6O3. The molecule has 1 N–H and O–H groups in total. The Kier molecular flexibility index (Phi) is 4.68. The molecule has 3 aliphatic rings. The molecule has 31 heavy (non-hydrogen) atoms. The minimum atomic E-state index is -0.584. The number of hydrogen-bond acceptors (Lipinski definition) is 7. The third-order valence-electron chi connectivity index (χ3n) is 5.56. The molecule has 1 saturated carbocycles. The summed E-state index contributed by atoms with van der Waals surface area (Å²) in [5, 5.41) is 10.7. The number of nitrogens with one attached hydrogen (secondary N) is 1. The first-order valence-electron chi connectivity index (χ1n) is 10.1. The number of pyridine rings is 1. The molecule has 0 spiro atoms. The molecule has 2 aliphatic heterocycles. The lowest BCUT2D eigenvalue weighted by molar-refractivity contribution is -0.138. The predicted molar refractivity (Wildman–Crippen MR) is 107 cm³/mol. The number of rotatable bonds is 5. The zero-order chi connectivity index (χ0) is 21.5. The third-order valence-corrected chi connectivity index (χ3v) is 5.56. The highest BCUT2D eigenvalue weighted by Gasteiger charge is 2.48. The Labute approximate surface area is 177 Å². The normalized spacial score (nSPS) is 18.5. The van der Waals surface area contributed by atoms with E-state index in [2.05, 4.69) is 20.5 Å². The maximum Gasteiger partial charge on any atom is 0.277 e. The summed E-state index contributed by atoms with van der Waals surface area (Å²) < 4.78 is 12.9. The van der Waals surface area contributed by atoms with Crippen LogP contribution in [0.3, 0.4) is 0 Å². The van der Waals surface area contributed by atoms with Gasteiger partial charge in [-0.1, -0.05) is 0 Å². The van der Waals surface area contributed by atoms with Crippen LogP contribution in [0.25, 0.3) is 11.3 Å². The van der Waals surface area contributed by atoms with Crippen LogP contribution in [0.15, 0.2) is 41.7 Å². The summed E-state index contributed by atoms with van der Waals surface area (Å²) in [6.45, 7) is 0.480. The SMILES string of the molecule is O=C(CN1CCCC2=C1C(=O)N(C1CC1)C2=O)Nc1ccc(-c2ccc(F)nc2)nn1. The summed E-state index contributed by atoms with van der Waals surface area (Å²) in [6, 6.07) is 6.01. The van der Waals surface area contributed by atoms with Gasteiger partial charge in [0.1, 0.15) is 5.70 Å². The van der Waals surface area contributed by atoms with E-state index in [1.165, 1.54) is 23.2 Å². The van der Waals surface area contributed by atoms with Gasteiger partial charge in [0, 0.05) is 29.9 Å². The Bertz CT molecular complexity index is 1100. The van der Waals surface area contributed by atoms with Crippen LogP contribution < -0.4 is 5.32 Å². The lowest BCUT2D eigenvalue weighted by Crippen LogP contribution is -2.40. The first kappa shape index (κ1) is 19.3. The molecule has 3 amide bonds. The van der Waals surface area contributed by atoms with E-state index in [4.69, 9.17) is 0 Å². The summed E-state index contributed by atoms with van der Waals surface area (Å²) >= 11 is 0. The number of carbonyl (C=O) groups is 3. The summed E-state index contributed by atoms with van der Waals surface area (Å²) in [7, 11) is 0. The van der Waals surface area contributed by atoms with E-state index < -0.39 is 5.95 Å². The molecule has 4 heterocycles. The second-order valence-electron chi connectivity index (χ2n) is 7.79. The second kappa shape index (κ2) is 7.53. The monoisotopic (exact) mass is 422 g/mol. The van der Waals surface area contributed by atoms with Crippen LogP contribution in [0.2, 0.25) is 0 Å². The fourth-order valence-electron chi connectivity index (χ4n) is 3.95. The van der Waals surface area contributed by atoms with Gasteiger partial charge in [-0.05, 0) is 49.9 Å². The van der Waals surface area contributed by atoms with Crippen molar-refractivity contribution in [2.24, 2.45) is 0 Å². The molecule has 9 nitrogen and oxygen atoms in total. The fourth-order valence-corrected chi connectivity index (χ4v) is 3.95. The van der Waals surface area contributed by atoms with Crippen LogP contribution in [0.5, 0.6) is 0 Å². The molecule has 1 aliphatic carbocycles. The molecule has 0 unspecified atom stereocenters. The molecule has 158 valence electrons. The Morgan fingerprint density at radius 2 is 1.97 bits per heavy atom. The highest BCUT2D eigenvalue weighted by atomic mass is 19.1. The van der Waals surface area contributed by atoms with Crippen LogP contribution in [0, 0.1) is 5.95 Å². The van der Waals surface area contributed by atoms with Gasteiger partial charge in [-0.15, -0.1) is 10.2 Å². The number of aromatic nitrogens is 3. The molecule has 0 radical (unpaired) electrons. The van der Waals surface area contributed by atoms with Gasteiger partial charge >= 0.3 is 0 Å². The Morgan fingerprint density at radius 3 is 2.65 bits per heavy atom. The van der Waals surface area contributed by atoms with Gasteiger partial charge in [-0.3, -0.25) is 19.3 Å². The largest absolute Gasteiger partial charge is 0.357 e. The van der Waals surface area contributed by atoms with Crippen molar-refractivity contribution in [1.29, 1.82) is 0 Å². The first-order chi connectivity index (χ1) is 15.0. The van der Waals surface area contributed by atoms with Crippen molar-refractivity contribution in [3.05, 3.63) is 47.7 Å². The van der Waals surface area contributed by atoms with Crippen molar-refractivity contribution in [1.82, 2.24) is 25.0 Å². The van der Waals surface area contributed by atoms with Crippen molar-refractivity contribution in [2.75, 3.05) is 18.4 Å². The average molecular weight is 422 g/mol. The summed E-state index contributed by atoms with van der Waals surface area (Å²) in [6.07, 6.45) is 4.32. The van der Waals surface area contributed by atoms with E-state index in [-0.39, 0.29) is 36.1 Å². The van der Waals surface area contributed by atoms with E-state index >= 15 is 0 Å². The Balaban J connectivity index is 1.26. The highest BCUT2D eigenvalue weighted by Crippen LogP contribution is 2.38. The van der Waals surface area contributed by atoms with Gasteiger partial charge < -0.3 is 10.2 Å². The summed E-state index contributed by atoms with van der Waals surface area (Å²) in [4.78, 5) is 44.6. The first-order valence-corrected chi connectivity index (χ1v) is 10.1. The smallest absolute Gasteiger partial charge is 0.277 e. The van der Waals surface area contributed by atoms with Crippen molar-refractivity contribution in [3.8, 4) is 11.3 Å². The number of carbonyl (C=O) groups excluding carboxylic acids is 3. The van der Waals surface area contributed by atoms with Crippen molar-refractivity contribution < 1.29 is 18.8 Å². The molecule has 0 aromatic carbocycles. The zero-order valence-electron chi connectivity index (χ0n) is 16.5. The highest BCUT2D eigenvalue weighted by molar-refractivity contribution is 6.19. The van der Waals surface area contributed by atoms with Crippen LogP contribution >= 0.6 is 0 Å². The molecule has 10 heteroatoms. The molecule has 1 fully saturated rings. The number of amides is 3. The van der Waals surface area contributed by atoms with E-state index in [1.54, 1.807) is 17.0 Å². The van der Waals surface area contributed by atoms with Crippen LogP contribution in [-0.2, 0) is 14.4 Å². The quantitative estimate of drug-likeness (QED) is 0.575. The third kappa shape index (κ3) is 3.65. The van der Waals surface area contributed by atoms with Crippen molar-refractivity contribution in [2.45, 2.75) is 31.7 Å². The van der Waals surface area contributed by atoms with Gasteiger partial charge in [0.15, 0.2) is 5.82 Å². The molecule has 0 atom stereocenters. The van der Waals surface area contributed by atoms with Gasteiger partial charge in [0.2, 0.25) is 11.9 Å². The second-order valence-corrected chi connectivity index (χ2v) is 7.79. The molecule has 0 bridgehead atoms. The molecule has 2 aromatic heterocycles. The van der Waals surface area contributed by atoms with Crippen LogP contribution in [0.1, 0.15) is 25.7 Å². The number of nitrogens with zero attached hydrogens (tertiary/aromatic N) is 5. The van der Waals surface area contributed by atoms with Crippen molar-refractivity contribution in [3.63, 3.8) is 0 Å². The number of imide groups is 1. The van der Waals surface area contributed by atoms with Crippen molar-refractivity contribution >= 4 is 23.5 Å². The number of halogens is 1. The van der Waals surface area contributed by atoms with Crippen LogP contribution in [0.4, 0.5) is 10.2 Å². The number of hydrogen-bond donors (Lipinski definition) is 1.